The zero-order valence-electron chi connectivity index (χ0n) is 8.37. The van der Waals surface area contributed by atoms with Crippen LogP contribution in [0.5, 0.6) is 5.88 Å². The maximum Gasteiger partial charge on any atom is 0.331 e. The van der Waals surface area contributed by atoms with Gasteiger partial charge >= 0.3 is 5.69 Å². The molecule has 0 radical (unpaired) electrons. The van der Waals surface area contributed by atoms with Crippen LogP contribution in [0.2, 0.25) is 0 Å². The fourth-order valence-electron chi connectivity index (χ4n) is 1.59. The first-order valence-electron chi connectivity index (χ1n) is 4.68. The molecule has 74 valence electrons. The molecule has 0 saturated heterocycles. The fraction of sp³-hybridized carbons (Fsp3) is 0.667. The lowest BCUT2D eigenvalue weighted by atomic mass is 10.3. The lowest BCUT2D eigenvalue weighted by Gasteiger charge is -1.99. The van der Waals surface area contributed by atoms with Gasteiger partial charge in [-0.15, -0.1) is 0 Å². The van der Waals surface area contributed by atoms with Gasteiger partial charge < -0.3 is 5.11 Å². The Morgan fingerprint density at radius 2 is 1.69 bits per heavy atom. The van der Waals surface area contributed by atoms with E-state index in [1.807, 2.05) is 20.8 Å². The van der Waals surface area contributed by atoms with Gasteiger partial charge in [0.15, 0.2) is 0 Å². The molecule has 0 amide bonds. The molecule has 0 aliphatic heterocycles. The van der Waals surface area contributed by atoms with Crippen LogP contribution in [0.1, 0.15) is 26.5 Å². The number of rotatable bonds is 3. The van der Waals surface area contributed by atoms with Crippen molar-refractivity contribution in [3.05, 3.63) is 16.2 Å². The van der Waals surface area contributed by atoms with Crippen molar-refractivity contribution in [1.82, 2.24) is 9.13 Å². The highest BCUT2D eigenvalue weighted by atomic mass is 16.3. The summed E-state index contributed by atoms with van der Waals surface area (Å²) < 4.78 is 3.00. The second-order valence-electron chi connectivity index (χ2n) is 2.89. The van der Waals surface area contributed by atoms with E-state index in [0.717, 1.165) is 5.69 Å². The van der Waals surface area contributed by atoms with Crippen molar-refractivity contribution in [2.24, 2.45) is 0 Å². The molecule has 0 aliphatic rings. The molecule has 4 heteroatoms. The molecule has 0 bridgehead atoms. The van der Waals surface area contributed by atoms with Crippen molar-refractivity contribution in [3.63, 3.8) is 0 Å². The average Bonchev–Trinajstić information content (AvgIpc) is 2.36. The van der Waals surface area contributed by atoms with E-state index in [1.165, 1.54) is 4.57 Å². The lowest BCUT2D eigenvalue weighted by Crippen LogP contribution is -2.23. The molecule has 4 nitrogen and oxygen atoms in total. The highest BCUT2D eigenvalue weighted by Crippen LogP contribution is 2.15. The molecular weight excluding hydrogens is 168 g/mol. The Balaban J connectivity index is 3.42. The van der Waals surface area contributed by atoms with Crippen LogP contribution in [-0.2, 0) is 19.5 Å². The van der Waals surface area contributed by atoms with Crippen LogP contribution in [0.4, 0.5) is 0 Å². The van der Waals surface area contributed by atoms with Crippen LogP contribution in [-0.4, -0.2) is 14.2 Å². The van der Waals surface area contributed by atoms with Gasteiger partial charge in [-0.25, -0.2) is 4.79 Å². The van der Waals surface area contributed by atoms with E-state index in [9.17, 15) is 9.90 Å². The minimum absolute atomic E-state index is 0.112. The summed E-state index contributed by atoms with van der Waals surface area (Å²) in [5.41, 5.74) is 0.619. The maximum absolute atomic E-state index is 11.6. The molecule has 0 fully saturated rings. The Morgan fingerprint density at radius 3 is 2.00 bits per heavy atom. The summed E-state index contributed by atoms with van der Waals surface area (Å²) in [6.45, 7) is 6.81. The summed E-state index contributed by atoms with van der Waals surface area (Å²) in [6, 6.07) is 0. The van der Waals surface area contributed by atoms with E-state index in [0.29, 0.717) is 19.5 Å². The Labute approximate surface area is 77.4 Å². The van der Waals surface area contributed by atoms with Crippen molar-refractivity contribution >= 4 is 0 Å². The fourth-order valence-corrected chi connectivity index (χ4v) is 1.59. The number of aromatic hydroxyl groups is 1. The second kappa shape index (κ2) is 3.68. The quantitative estimate of drug-likeness (QED) is 0.760. The van der Waals surface area contributed by atoms with Crippen molar-refractivity contribution in [2.45, 2.75) is 40.3 Å². The maximum atomic E-state index is 11.6. The summed E-state index contributed by atoms with van der Waals surface area (Å²) in [6.07, 6.45) is 0.682. The molecule has 13 heavy (non-hydrogen) atoms. The van der Waals surface area contributed by atoms with Gasteiger partial charge in [-0.3, -0.25) is 9.13 Å². The molecule has 1 N–H and O–H groups in total. The van der Waals surface area contributed by atoms with Gasteiger partial charge in [-0.1, -0.05) is 6.92 Å². The van der Waals surface area contributed by atoms with Crippen LogP contribution in [0.15, 0.2) is 4.79 Å². The summed E-state index contributed by atoms with van der Waals surface area (Å²) in [5.74, 6) is 0.122. The number of hydrogen-bond donors (Lipinski definition) is 1. The summed E-state index contributed by atoms with van der Waals surface area (Å²) in [4.78, 5) is 11.6. The molecule has 1 aromatic heterocycles. The predicted molar refractivity (Wildman–Crippen MR) is 51.1 cm³/mol. The highest BCUT2D eigenvalue weighted by Gasteiger charge is 2.14. The Kier molecular flexibility index (Phi) is 2.80. The smallest absolute Gasteiger partial charge is 0.331 e. The van der Waals surface area contributed by atoms with Crippen molar-refractivity contribution in [3.8, 4) is 5.88 Å². The van der Waals surface area contributed by atoms with Crippen LogP contribution in [0, 0.1) is 0 Å². The molecular formula is C9H16N2O2. The average molecular weight is 184 g/mol. The van der Waals surface area contributed by atoms with E-state index in [1.54, 1.807) is 4.57 Å². The van der Waals surface area contributed by atoms with Crippen LogP contribution in [0.3, 0.4) is 0 Å². The Bertz CT molecular complexity index is 349. The molecule has 0 aliphatic carbocycles. The zero-order chi connectivity index (χ0) is 10.0. The first-order chi connectivity index (χ1) is 6.17. The third-order valence-corrected chi connectivity index (χ3v) is 2.27. The lowest BCUT2D eigenvalue weighted by molar-refractivity contribution is 0.413. The van der Waals surface area contributed by atoms with Crippen molar-refractivity contribution < 1.29 is 5.11 Å². The van der Waals surface area contributed by atoms with Gasteiger partial charge in [-0.2, -0.15) is 0 Å². The molecule has 0 spiro atoms. The first kappa shape index (κ1) is 9.89. The first-order valence-corrected chi connectivity index (χ1v) is 4.68. The molecule has 0 atom stereocenters. The van der Waals surface area contributed by atoms with Crippen molar-refractivity contribution in [2.75, 3.05) is 0 Å². The van der Waals surface area contributed by atoms with Crippen LogP contribution in [0.25, 0.3) is 0 Å². The SMILES string of the molecule is CCc1c(O)n(CC)c(=O)n1CC. The van der Waals surface area contributed by atoms with Gasteiger partial charge in [0.2, 0.25) is 5.88 Å². The van der Waals surface area contributed by atoms with E-state index in [2.05, 4.69) is 0 Å². The van der Waals surface area contributed by atoms with Gasteiger partial charge in [0.05, 0.1) is 5.69 Å². The van der Waals surface area contributed by atoms with Gasteiger partial charge in [0.1, 0.15) is 0 Å². The largest absolute Gasteiger partial charge is 0.493 e. The normalized spacial score (nSPS) is 10.7. The Hall–Kier alpha value is -1.19. The molecule has 0 saturated carbocycles. The summed E-state index contributed by atoms with van der Waals surface area (Å²) >= 11 is 0. The Morgan fingerprint density at radius 1 is 1.15 bits per heavy atom. The molecule has 0 unspecified atom stereocenters. The van der Waals surface area contributed by atoms with Crippen molar-refractivity contribution in [1.29, 1.82) is 0 Å². The monoisotopic (exact) mass is 184 g/mol. The predicted octanol–water partition coefficient (Wildman–Crippen LogP) is 0.958. The van der Waals surface area contributed by atoms with E-state index in [-0.39, 0.29) is 11.6 Å². The topological polar surface area (TPSA) is 47.2 Å². The van der Waals surface area contributed by atoms with Gasteiger partial charge in [-0.05, 0) is 20.3 Å². The third-order valence-electron chi connectivity index (χ3n) is 2.27. The van der Waals surface area contributed by atoms with E-state index >= 15 is 0 Å². The molecule has 1 aromatic rings. The number of aromatic nitrogens is 2. The number of hydrogen-bond acceptors (Lipinski definition) is 2. The minimum Gasteiger partial charge on any atom is -0.493 e. The van der Waals surface area contributed by atoms with E-state index < -0.39 is 0 Å². The second-order valence-corrected chi connectivity index (χ2v) is 2.89. The highest BCUT2D eigenvalue weighted by molar-refractivity contribution is 5.20. The number of nitrogens with zero attached hydrogens (tertiary/aromatic N) is 2. The molecule has 1 heterocycles. The van der Waals surface area contributed by atoms with Gasteiger partial charge in [0, 0.05) is 13.1 Å². The molecule has 1 rings (SSSR count). The van der Waals surface area contributed by atoms with Gasteiger partial charge in [0.25, 0.3) is 0 Å². The third kappa shape index (κ3) is 1.36. The van der Waals surface area contributed by atoms with Crippen LogP contribution < -0.4 is 5.69 Å². The summed E-state index contributed by atoms with van der Waals surface area (Å²) in [5, 5.41) is 9.66. The minimum atomic E-state index is -0.112. The van der Waals surface area contributed by atoms with Crippen LogP contribution >= 0.6 is 0 Å². The summed E-state index contributed by atoms with van der Waals surface area (Å²) in [7, 11) is 0. The van der Waals surface area contributed by atoms with E-state index in [4.69, 9.17) is 0 Å². The molecule has 0 aromatic carbocycles. The zero-order valence-corrected chi connectivity index (χ0v) is 8.37. The number of imidazole rings is 1. The standard InChI is InChI=1S/C9H16N2O2/c1-4-7-8(12)11(6-3)9(13)10(7)5-2/h12H,4-6H2,1-3H3.